The van der Waals surface area contributed by atoms with Crippen LogP contribution >= 0.6 is 0 Å². The molecule has 0 fully saturated rings. The Morgan fingerprint density at radius 3 is 2.50 bits per heavy atom. The third kappa shape index (κ3) is 5.61. The van der Waals surface area contributed by atoms with Gasteiger partial charge >= 0.3 is 0 Å². The number of benzene rings is 1. The molecule has 0 spiro atoms. The first-order valence-electron chi connectivity index (χ1n) is 6.01. The Morgan fingerprint density at radius 2 is 1.75 bits per heavy atom. The van der Waals surface area contributed by atoms with E-state index in [2.05, 4.69) is 0 Å². The summed E-state index contributed by atoms with van der Waals surface area (Å²) < 4.78 is 5.59. The van der Waals surface area contributed by atoms with Crippen LogP contribution in [0.1, 0.15) is 32.1 Å². The van der Waals surface area contributed by atoms with Crippen LogP contribution in [-0.2, 0) is 0 Å². The SMILES string of the molecule is NCCCCCCCOc1cccc(N)c1. The highest BCUT2D eigenvalue weighted by Crippen LogP contribution is 2.15. The summed E-state index contributed by atoms with van der Waals surface area (Å²) in [5.74, 6) is 0.863. The summed E-state index contributed by atoms with van der Waals surface area (Å²) in [7, 11) is 0. The summed E-state index contributed by atoms with van der Waals surface area (Å²) >= 11 is 0. The summed E-state index contributed by atoms with van der Waals surface area (Å²) in [6.07, 6.45) is 5.92. The van der Waals surface area contributed by atoms with Crippen LogP contribution in [-0.4, -0.2) is 13.2 Å². The lowest BCUT2D eigenvalue weighted by Gasteiger charge is -2.06. The zero-order valence-corrected chi connectivity index (χ0v) is 9.82. The van der Waals surface area contributed by atoms with Gasteiger partial charge in [0.25, 0.3) is 0 Å². The lowest BCUT2D eigenvalue weighted by Crippen LogP contribution is -1.99. The van der Waals surface area contributed by atoms with Crippen molar-refractivity contribution in [2.75, 3.05) is 18.9 Å². The second kappa shape index (κ2) is 7.99. The number of hydrogen-bond donors (Lipinski definition) is 2. The minimum Gasteiger partial charge on any atom is -0.494 e. The third-order valence-corrected chi connectivity index (χ3v) is 2.48. The van der Waals surface area contributed by atoms with Crippen molar-refractivity contribution >= 4 is 5.69 Å². The summed E-state index contributed by atoms with van der Waals surface area (Å²) in [5.41, 5.74) is 11.8. The van der Waals surface area contributed by atoms with E-state index < -0.39 is 0 Å². The average molecular weight is 222 g/mol. The molecular formula is C13H22N2O. The van der Waals surface area contributed by atoms with Crippen molar-refractivity contribution in [1.29, 1.82) is 0 Å². The second-order valence-electron chi connectivity index (χ2n) is 3.98. The summed E-state index contributed by atoms with van der Waals surface area (Å²) in [6.45, 7) is 1.58. The monoisotopic (exact) mass is 222 g/mol. The maximum Gasteiger partial charge on any atom is 0.121 e. The van der Waals surface area contributed by atoms with Crippen LogP contribution in [0.5, 0.6) is 5.75 Å². The maximum absolute atomic E-state index is 5.65. The minimum atomic E-state index is 0.750. The Hall–Kier alpha value is -1.22. The van der Waals surface area contributed by atoms with E-state index in [0.717, 1.165) is 37.4 Å². The van der Waals surface area contributed by atoms with E-state index in [1.807, 2.05) is 24.3 Å². The summed E-state index contributed by atoms with van der Waals surface area (Å²) in [6, 6.07) is 7.56. The molecule has 0 heterocycles. The first-order valence-corrected chi connectivity index (χ1v) is 6.01. The second-order valence-corrected chi connectivity index (χ2v) is 3.98. The Labute approximate surface area is 97.8 Å². The standard InChI is InChI=1S/C13H22N2O/c14-9-4-2-1-3-5-10-16-13-8-6-7-12(15)11-13/h6-8,11H,1-5,9-10,14-15H2. The number of rotatable bonds is 8. The number of unbranched alkanes of at least 4 members (excludes halogenated alkanes) is 4. The number of nitrogens with two attached hydrogens (primary N) is 2. The zero-order valence-electron chi connectivity index (χ0n) is 9.82. The maximum atomic E-state index is 5.65. The van der Waals surface area contributed by atoms with E-state index in [-0.39, 0.29) is 0 Å². The van der Waals surface area contributed by atoms with Gasteiger partial charge in [-0.05, 0) is 31.5 Å². The Bertz CT molecular complexity index is 289. The smallest absolute Gasteiger partial charge is 0.121 e. The predicted octanol–water partition coefficient (Wildman–Crippen LogP) is 2.56. The molecule has 0 bridgehead atoms. The van der Waals surface area contributed by atoms with Crippen molar-refractivity contribution in [3.63, 3.8) is 0 Å². The van der Waals surface area contributed by atoms with Gasteiger partial charge in [-0.2, -0.15) is 0 Å². The van der Waals surface area contributed by atoms with Gasteiger partial charge < -0.3 is 16.2 Å². The van der Waals surface area contributed by atoms with E-state index in [4.69, 9.17) is 16.2 Å². The summed E-state index contributed by atoms with van der Waals surface area (Å²) in [4.78, 5) is 0. The van der Waals surface area contributed by atoms with Crippen LogP contribution in [0.25, 0.3) is 0 Å². The fourth-order valence-corrected chi connectivity index (χ4v) is 1.57. The van der Waals surface area contributed by atoms with Crippen LogP contribution in [0.4, 0.5) is 5.69 Å². The molecule has 0 atom stereocenters. The van der Waals surface area contributed by atoms with Crippen LogP contribution in [0.3, 0.4) is 0 Å². The molecule has 3 heteroatoms. The Balaban J connectivity index is 2.03. The van der Waals surface area contributed by atoms with Gasteiger partial charge in [0.05, 0.1) is 6.61 Å². The molecule has 16 heavy (non-hydrogen) atoms. The van der Waals surface area contributed by atoms with Gasteiger partial charge in [0.1, 0.15) is 5.75 Å². The molecule has 0 aliphatic heterocycles. The van der Waals surface area contributed by atoms with Crippen molar-refractivity contribution in [2.24, 2.45) is 5.73 Å². The fourth-order valence-electron chi connectivity index (χ4n) is 1.57. The lowest BCUT2D eigenvalue weighted by molar-refractivity contribution is 0.304. The van der Waals surface area contributed by atoms with E-state index in [9.17, 15) is 0 Å². The molecule has 0 unspecified atom stereocenters. The van der Waals surface area contributed by atoms with Gasteiger partial charge in [-0.15, -0.1) is 0 Å². The van der Waals surface area contributed by atoms with Gasteiger partial charge in [-0.3, -0.25) is 0 Å². The Kier molecular flexibility index (Phi) is 6.42. The number of nitrogen functional groups attached to an aromatic ring is 1. The molecule has 1 aromatic carbocycles. The quantitative estimate of drug-likeness (QED) is 0.525. The van der Waals surface area contributed by atoms with E-state index in [1.54, 1.807) is 0 Å². The van der Waals surface area contributed by atoms with Crippen LogP contribution in [0.15, 0.2) is 24.3 Å². The molecule has 1 rings (SSSR count). The molecule has 0 saturated carbocycles. The molecule has 0 saturated heterocycles. The van der Waals surface area contributed by atoms with Gasteiger partial charge in [-0.1, -0.05) is 25.3 Å². The number of ether oxygens (including phenoxy) is 1. The number of anilines is 1. The first kappa shape index (κ1) is 12.8. The summed E-state index contributed by atoms with van der Waals surface area (Å²) in [5, 5.41) is 0. The van der Waals surface area contributed by atoms with Crippen molar-refractivity contribution in [2.45, 2.75) is 32.1 Å². The molecule has 90 valence electrons. The highest BCUT2D eigenvalue weighted by Gasteiger charge is 1.94. The van der Waals surface area contributed by atoms with E-state index in [1.165, 1.54) is 19.3 Å². The highest BCUT2D eigenvalue weighted by atomic mass is 16.5. The lowest BCUT2D eigenvalue weighted by atomic mass is 10.1. The van der Waals surface area contributed by atoms with Crippen LogP contribution in [0.2, 0.25) is 0 Å². The minimum absolute atomic E-state index is 0.750. The largest absolute Gasteiger partial charge is 0.494 e. The number of hydrogen-bond acceptors (Lipinski definition) is 3. The molecule has 3 nitrogen and oxygen atoms in total. The fraction of sp³-hybridized carbons (Fsp3) is 0.538. The molecule has 1 aromatic rings. The van der Waals surface area contributed by atoms with Crippen molar-refractivity contribution in [3.8, 4) is 5.75 Å². The molecule has 4 N–H and O–H groups in total. The van der Waals surface area contributed by atoms with Crippen LogP contribution in [0, 0.1) is 0 Å². The van der Waals surface area contributed by atoms with E-state index >= 15 is 0 Å². The normalized spacial score (nSPS) is 10.3. The molecular weight excluding hydrogens is 200 g/mol. The third-order valence-electron chi connectivity index (χ3n) is 2.48. The molecule has 0 radical (unpaired) electrons. The molecule has 0 aromatic heterocycles. The predicted molar refractivity (Wildman–Crippen MR) is 68.5 cm³/mol. The van der Waals surface area contributed by atoms with Crippen molar-refractivity contribution in [1.82, 2.24) is 0 Å². The topological polar surface area (TPSA) is 61.3 Å². The Morgan fingerprint density at radius 1 is 1.00 bits per heavy atom. The molecule has 0 amide bonds. The average Bonchev–Trinajstić information content (AvgIpc) is 2.28. The highest BCUT2D eigenvalue weighted by molar-refractivity contribution is 5.43. The van der Waals surface area contributed by atoms with Gasteiger partial charge in [0.15, 0.2) is 0 Å². The van der Waals surface area contributed by atoms with E-state index in [0.29, 0.717) is 0 Å². The molecule has 0 aliphatic carbocycles. The van der Waals surface area contributed by atoms with Crippen LogP contribution < -0.4 is 16.2 Å². The molecule has 0 aliphatic rings. The first-order chi connectivity index (χ1) is 7.83. The van der Waals surface area contributed by atoms with Gasteiger partial charge in [-0.25, -0.2) is 0 Å². The zero-order chi connectivity index (χ0) is 11.6. The van der Waals surface area contributed by atoms with Gasteiger partial charge in [0, 0.05) is 11.8 Å². The van der Waals surface area contributed by atoms with Gasteiger partial charge in [0.2, 0.25) is 0 Å². The van der Waals surface area contributed by atoms with Crippen molar-refractivity contribution < 1.29 is 4.74 Å². The van der Waals surface area contributed by atoms with Crippen molar-refractivity contribution in [3.05, 3.63) is 24.3 Å².